The Morgan fingerprint density at radius 3 is 2.90 bits per heavy atom. The van der Waals surface area contributed by atoms with Crippen LogP contribution < -0.4 is 4.74 Å². The largest absolute Gasteiger partial charge is 0.420 e. The molecule has 0 fully saturated rings. The molecule has 1 N–H and O–H groups in total. The number of aromatic nitrogens is 1. The van der Waals surface area contributed by atoms with Crippen molar-refractivity contribution in [3.63, 3.8) is 0 Å². The zero-order valence-corrected chi connectivity index (χ0v) is 10.9. The highest BCUT2D eigenvalue weighted by Gasteiger charge is 2.28. The summed E-state index contributed by atoms with van der Waals surface area (Å²) in [5.74, 6) is -0.204. The van der Waals surface area contributed by atoms with Gasteiger partial charge in [0, 0.05) is 11.8 Å². The van der Waals surface area contributed by atoms with Crippen LogP contribution in [0.5, 0.6) is 5.75 Å². The van der Waals surface area contributed by atoms with E-state index < -0.39 is 12.3 Å². The lowest BCUT2D eigenvalue weighted by molar-refractivity contribution is -0.0925. The molecule has 1 atom stereocenters. The Labute approximate surface area is 115 Å². The summed E-state index contributed by atoms with van der Waals surface area (Å²) in [4.78, 5) is 16.3. The maximum Gasteiger partial charge on any atom is 0.343 e. The number of aliphatic hydroxyl groups is 1. The van der Waals surface area contributed by atoms with Crippen LogP contribution in [0.2, 0.25) is 0 Å². The van der Waals surface area contributed by atoms with Crippen molar-refractivity contribution < 1.29 is 19.4 Å². The second-order valence-corrected chi connectivity index (χ2v) is 4.53. The summed E-state index contributed by atoms with van der Waals surface area (Å²) in [7, 11) is 0. The van der Waals surface area contributed by atoms with Gasteiger partial charge in [0.25, 0.3) is 0 Å². The summed E-state index contributed by atoms with van der Waals surface area (Å²) in [6.07, 6.45) is 0.547. The van der Waals surface area contributed by atoms with Crippen molar-refractivity contribution in [3.8, 4) is 5.75 Å². The number of carbonyl (C=O) groups is 1. The predicted molar refractivity (Wildman–Crippen MR) is 70.1 cm³/mol. The summed E-state index contributed by atoms with van der Waals surface area (Å²) in [6.45, 7) is 1.98. The van der Waals surface area contributed by atoms with Gasteiger partial charge in [-0.2, -0.15) is 0 Å². The molecule has 5 heteroatoms. The zero-order chi connectivity index (χ0) is 14.1. The highest BCUT2D eigenvalue weighted by atomic mass is 16.6. The minimum atomic E-state index is -1.08. The van der Waals surface area contributed by atoms with Crippen molar-refractivity contribution in [1.82, 2.24) is 4.98 Å². The van der Waals surface area contributed by atoms with Crippen LogP contribution in [0.3, 0.4) is 0 Å². The predicted octanol–water partition coefficient (Wildman–Crippen LogP) is 2.13. The lowest BCUT2D eigenvalue weighted by atomic mass is 10.1. The van der Waals surface area contributed by atoms with E-state index in [-0.39, 0.29) is 12.4 Å². The lowest BCUT2D eigenvalue weighted by Crippen LogP contribution is -2.12. The first-order valence-corrected chi connectivity index (χ1v) is 6.22. The van der Waals surface area contributed by atoms with Crippen molar-refractivity contribution >= 4 is 5.97 Å². The number of aryl methyl sites for hydroxylation is 1. The molecule has 1 aliphatic rings. The molecule has 1 aromatic heterocycles. The molecule has 0 radical (unpaired) electrons. The molecule has 102 valence electrons. The molecule has 3 rings (SSSR count). The van der Waals surface area contributed by atoms with Crippen molar-refractivity contribution in [1.29, 1.82) is 0 Å². The molecule has 0 aliphatic carbocycles. The smallest absolute Gasteiger partial charge is 0.343 e. The number of benzene rings is 1. The van der Waals surface area contributed by atoms with E-state index in [0.717, 1.165) is 5.56 Å². The maximum atomic E-state index is 12.1. The molecule has 0 saturated heterocycles. The number of aliphatic hydroxyl groups excluding tert-OH is 1. The Morgan fingerprint density at radius 2 is 2.15 bits per heavy atom. The summed E-state index contributed by atoms with van der Waals surface area (Å²) in [5.41, 5.74) is 2.20. The number of esters is 1. The van der Waals surface area contributed by atoms with Gasteiger partial charge < -0.3 is 14.6 Å². The fourth-order valence-corrected chi connectivity index (χ4v) is 2.14. The van der Waals surface area contributed by atoms with E-state index >= 15 is 0 Å². The van der Waals surface area contributed by atoms with Crippen LogP contribution in [-0.2, 0) is 11.3 Å². The second kappa shape index (κ2) is 5.03. The van der Waals surface area contributed by atoms with E-state index in [1.165, 1.54) is 0 Å². The van der Waals surface area contributed by atoms with Crippen LogP contribution in [0.4, 0.5) is 0 Å². The molecular weight excluding hydrogens is 258 g/mol. The molecular formula is C15H13NO4. The van der Waals surface area contributed by atoms with Crippen LogP contribution in [0.15, 0.2) is 36.5 Å². The van der Waals surface area contributed by atoms with Gasteiger partial charge in [0.2, 0.25) is 0 Å². The Kier molecular flexibility index (Phi) is 3.22. The average molecular weight is 271 g/mol. The van der Waals surface area contributed by atoms with E-state index in [0.29, 0.717) is 16.8 Å². The van der Waals surface area contributed by atoms with Crippen molar-refractivity contribution in [2.24, 2.45) is 0 Å². The van der Waals surface area contributed by atoms with E-state index in [2.05, 4.69) is 4.98 Å². The quantitative estimate of drug-likeness (QED) is 0.847. The average Bonchev–Trinajstić information content (AvgIpc) is 2.84. The SMILES string of the molecule is Cc1ncc2c(c1OC(=O)c1ccccc1)C(O)OC2. The van der Waals surface area contributed by atoms with E-state index in [1.807, 2.05) is 6.07 Å². The van der Waals surface area contributed by atoms with Gasteiger partial charge in [-0.3, -0.25) is 4.98 Å². The Balaban J connectivity index is 1.96. The number of ether oxygens (including phenoxy) is 2. The van der Waals surface area contributed by atoms with Gasteiger partial charge in [-0.1, -0.05) is 18.2 Å². The third kappa shape index (κ3) is 2.17. The number of carbonyl (C=O) groups excluding carboxylic acids is 1. The van der Waals surface area contributed by atoms with Gasteiger partial charge in [0.15, 0.2) is 12.0 Å². The fourth-order valence-electron chi connectivity index (χ4n) is 2.14. The van der Waals surface area contributed by atoms with Crippen LogP contribution in [-0.4, -0.2) is 16.1 Å². The molecule has 20 heavy (non-hydrogen) atoms. The molecule has 0 bridgehead atoms. The lowest BCUT2D eigenvalue weighted by Gasteiger charge is -2.12. The number of hydrogen-bond acceptors (Lipinski definition) is 5. The number of pyridine rings is 1. The van der Waals surface area contributed by atoms with Crippen LogP contribution in [0.25, 0.3) is 0 Å². The molecule has 1 unspecified atom stereocenters. The molecule has 2 aromatic rings. The monoisotopic (exact) mass is 271 g/mol. The van der Waals surface area contributed by atoms with Crippen molar-refractivity contribution in [2.45, 2.75) is 19.8 Å². The van der Waals surface area contributed by atoms with Gasteiger partial charge >= 0.3 is 5.97 Å². The third-order valence-electron chi connectivity index (χ3n) is 3.18. The maximum absolute atomic E-state index is 12.1. The highest BCUT2D eigenvalue weighted by molar-refractivity contribution is 5.91. The summed E-state index contributed by atoms with van der Waals surface area (Å²) in [5, 5.41) is 9.83. The van der Waals surface area contributed by atoms with Gasteiger partial charge in [-0.05, 0) is 19.1 Å². The summed E-state index contributed by atoms with van der Waals surface area (Å²) < 4.78 is 10.5. The first-order chi connectivity index (χ1) is 9.66. The number of rotatable bonds is 2. The zero-order valence-electron chi connectivity index (χ0n) is 10.9. The Morgan fingerprint density at radius 1 is 1.40 bits per heavy atom. The first kappa shape index (κ1) is 12.8. The van der Waals surface area contributed by atoms with Gasteiger partial charge in [-0.15, -0.1) is 0 Å². The van der Waals surface area contributed by atoms with Crippen LogP contribution >= 0.6 is 0 Å². The van der Waals surface area contributed by atoms with Gasteiger partial charge in [0.05, 0.1) is 23.4 Å². The van der Waals surface area contributed by atoms with E-state index in [1.54, 1.807) is 37.4 Å². The van der Waals surface area contributed by atoms with Crippen molar-refractivity contribution in [3.05, 3.63) is 58.9 Å². The normalized spacial score (nSPS) is 16.8. The number of fused-ring (bicyclic) bond motifs is 1. The first-order valence-electron chi connectivity index (χ1n) is 6.22. The van der Waals surface area contributed by atoms with Gasteiger partial charge in [-0.25, -0.2) is 4.79 Å². The summed E-state index contributed by atoms with van der Waals surface area (Å²) in [6, 6.07) is 8.67. The van der Waals surface area contributed by atoms with Crippen LogP contribution in [0, 0.1) is 6.92 Å². The fraction of sp³-hybridized carbons (Fsp3) is 0.200. The van der Waals surface area contributed by atoms with Gasteiger partial charge in [0.1, 0.15) is 0 Å². The Hall–Kier alpha value is -2.24. The molecule has 2 heterocycles. The highest BCUT2D eigenvalue weighted by Crippen LogP contribution is 2.37. The minimum absolute atomic E-state index is 0.264. The third-order valence-corrected chi connectivity index (χ3v) is 3.18. The standard InChI is InChI=1S/C15H13NO4/c1-9-13(12-11(7-16-9)8-19-15(12)18)20-14(17)10-5-3-2-4-6-10/h2-7,15,18H,8H2,1H3. The second-order valence-electron chi connectivity index (χ2n) is 4.53. The molecule has 0 amide bonds. The van der Waals surface area contributed by atoms with E-state index in [4.69, 9.17) is 9.47 Å². The Bertz CT molecular complexity index is 654. The van der Waals surface area contributed by atoms with E-state index in [9.17, 15) is 9.90 Å². The molecule has 0 saturated carbocycles. The summed E-state index contributed by atoms with van der Waals surface area (Å²) >= 11 is 0. The molecule has 1 aromatic carbocycles. The van der Waals surface area contributed by atoms with Crippen LogP contribution in [0.1, 0.15) is 33.5 Å². The number of nitrogens with zero attached hydrogens (tertiary/aromatic N) is 1. The molecule has 0 spiro atoms. The molecule has 5 nitrogen and oxygen atoms in total. The topological polar surface area (TPSA) is 68.7 Å². The number of hydrogen-bond donors (Lipinski definition) is 1. The van der Waals surface area contributed by atoms with Crippen molar-refractivity contribution in [2.75, 3.05) is 0 Å². The molecule has 1 aliphatic heterocycles. The minimum Gasteiger partial charge on any atom is -0.420 e.